The third-order valence-corrected chi connectivity index (χ3v) is 2.04. The van der Waals surface area contributed by atoms with Crippen molar-refractivity contribution < 1.29 is 35.8 Å². The van der Waals surface area contributed by atoms with Gasteiger partial charge in [0.05, 0.1) is 0 Å². The molecule has 0 unspecified atom stereocenters. The van der Waals surface area contributed by atoms with Gasteiger partial charge in [-0.1, -0.05) is 13.2 Å². The maximum Gasteiger partial charge on any atom is 0.478 e. The Morgan fingerprint density at radius 2 is 1.56 bits per heavy atom. The zero-order chi connectivity index (χ0) is 14.4. The van der Waals surface area contributed by atoms with Gasteiger partial charge in [-0.3, -0.25) is 0 Å². The van der Waals surface area contributed by atoms with Gasteiger partial charge in [0.15, 0.2) is 11.5 Å². The van der Waals surface area contributed by atoms with Crippen molar-refractivity contribution in [1.29, 1.82) is 0 Å². The lowest BCUT2D eigenvalue weighted by molar-refractivity contribution is -0.437. The van der Waals surface area contributed by atoms with Crippen molar-refractivity contribution in [3.8, 4) is 0 Å². The third-order valence-electron chi connectivity index (χ3n) is 2.04. The van der Waals surface area contributed by atoms with Gasteiger partial charge in [-0.05, 0) is 18.6 Å². The minimum Gasteiger partial charge on any atom is -0.434 e. The zero-order valence-corrected chi connectivity index (χ0v) is 9.08. The maximum atomic E-state index is 12.6. The van der Waals surface area contributed by atoms with Crippen LogP contribution in [0.2, 0.25) is 0 Å². The molecule has 0 N–H and O–H groups in total. The van der Waals surface area contributed by atoms with E-state index < -0.39 is 29.7 Å². The molecule has 18 heavy (non-hydrogen) atoms. The quantitative estimate of drug-likeness (QED) is 0.712. The Kier molecular flexibility index (Phi) is 3.18. The molecule has 0 amide bonds. The van der Waals surface area contributed by atoms with Crippen LogP contribution in [0, 0.1) is 0 Å². The van der Waals surface area contributed by atoms with Crippen LogP contribution in [0.3, 0.4) is 0 Å². The van der Waals surface area contributed by atoms with E-state index in [1.54, 1.807) is 0 Å². The van der Waals surface area contributed by atoms with Crippen LogP contribution < -0.4 is 0 Å². The summed E-state index contributed by atoms with van der Waals surface area (Å²) in [6.45, 7) is 7.47. The summed E-state index contributed by atoms with van der Waals surface area (Å²) in [6.07, 6.45) is -10.9. The molecular weight excluding hydrogens is 266 g/mol. The van der Waals surface area contributed by atoms with E-state index in [9.17, 15) is 26.3 Å². The van der Waals surface area contributed by atoms with Crippen LogP contribution in [0.25, 0.3) is 0 Å². The SMILES string of the molecule is C=CC1=C(C(=C)C)OC(C(F)(F)F)(C(F)(F)F)O1. The summed E-state index contributed by atoms with van der Waals surface area (Å²) in [5, 5.41) is 0. The predicted molar refractivity (Wildman–Crippen MR) is 49.0 cm³/mol. The van der Waals surface area contributed by atoms with Gasteiger partial charge in [-0.15, -0.1) is 0 Å². The first-order chi connectivity index (χ1) is 7.96. The first-order valence-corrected chi connectivity index (χ1v) is 4.50. The lowest BCUT2D eigenvalue weighted by Crippen LogP contribution is -2.58. The average molecular weight is 274 g/mol. The lowest BCUT2D eigenvalue weighted by atomic mass is 10.2. The molecule has 0 saturated heterocycles. The van der Waals surface area contributed by atoms with Crippen LogP contribution in [-0.4, -0.2) is 18.1 Å². The Morgan fingerprint density at radius 3 is 1.78 bits per heavy atom. The summed E-state index contributed by atoms with van der Waals surface area (Å²) in [4.78, 5) is 0. The van der Waals surface area contributed by atoms with Crippen LogP contribution in [-0.2, 0) is 9.47 Å². The smallest absolute Gasteiger partial charge is 0.434 e. The highest BCUT2D eigenvalue weighted by Crippen LogP contribution is 2.53. The molecule has 1 heterocycles. The molecule has 0 spiro atoms. The molecule has 8 heteroatoms. The number of hydrogen-bond acceptors (Lipinski definition) is 2. The van der Waals surface area contributed by atoms with Crippen molar-refractivity contribution in [2.45, 2.75) is 25.1 Å². The minimum atomic E-state index is -5.79. The monoisotopic (exact) mass is 274 g/mol. The highest BCUT2D eigenvalue weighted by molar-refractivity contribution is 5.33. The molecule has 1 aliphatic rings. The fraction of sp³-hybridized carbons (Fsp3) is 0.400. The van der Waals surface area contributed by atoms with Crippen molar-refractivity contribution in [3.05, 3.63) is 36.3 Å². The van der Waals surface area contributed by atoms with E-state index in [0.717, 1.165) is 0 Å². The van der Waals surface area contributed by atoms with E-state index >= 15 is 0 Å². The zero-order valence-electron chi connectivity index (χ0n) is 9.08. The van der Waals surface area contributed by atoms with Crippen molar-refractivity contribution in [2.24, 2.45) is 0 Å². The number of rotatable bonds is 2. The number of hydrogen-bond donors (Lipinski definition) is 0. The lowest BCUT2D eigenvalue weighted by Gasteiger charge is -2.31. The molecule has 0 radical (unpaired) electrons. The standard InChI is InChI=1S/C10H8F6O2/c1-4-6-7(5(2)3)18-8(17-6,9(11,12)13)10(14,15)16/h4H,1-2H2,3H3. The van der Waals surface area contributed by atoms with Crippen molar-refractivity contribution in [3.63, 3.8) is 0 Å². The predicted octanol–water partition coefficient (Wildman–Crippen LogP) is 3.83. The average Bonchev–Trinajstić information content (AvgIpc) is 2.55. The molecule has 0 aromatic carbocycles. The number of alkyl halides is 6. The summed E-state index contributed by atoms with van der Waals surface area (Å²) in [6, 6.07) is 0. The van der Waals surface area contributed by atoms with E-state index in [1.165, 1.54) is 6.92 Å². The van der Waals surface area contributed by atoms with Crippen LogP contribution in [0.5, 0.6) is 0 Å². The highest BCUT2D eigenvalue weighted by Gasteiger charge is 2.79. The summed E-state index contributed by atoms with van der Waals surface area (Å²) >= 11 is 0. The molecule has 0 bridgehead atoms. The van der Waals surface area contributed by atoms with Crippen molar-refractivity contribution in [1.82, 2.24) is 0 Å². The highest BCUT2D eigenvalue weighted by atomic mass is 19.4. The van der Waals surface area contributed by atoms with Crippen LogP contribution in [0.1, 0.15) is 6.92 Å². The van der Waals surface area contributed by atoms with Gasteiger partial charge in [0.2, 0.25) is 0 Å². The second-order valence-corrected chi connectivity index (χ2v) is 3.49. The van der Waals surface area contributed by atoms with Crippen molar-refractivity contribution in [2.75, 3.05) is 0 Å². The Hall–Kier alpha value is -1.60. The number of halogens is 6. The van der Waals surface area contributed by atoms with E-state index in [1.807, 2.05) is 0 Å². The summed E-state index contributed by atoms with van der Waals surface area (Å²) in [5.74, 6) is -6.19. The summed E-state index contributed by atoms with van der Waals surface area (Å²) < 4.78 is 83.5. The Balaban J connectivity index is 3.33. The molecule has 0 aromatic heterocycles. The van der Waals surface area contributed by atoms with Gasteiger partial charge in [0.1, 0.15) is 0 Å². The molecule has 0 aliphatic carbocycles. The molecular formula is C10H8F6O2. The molecule has 102 valence electrons. The van der Waals surface area contributed by atoms with E-state index in [0.29, 0.717) is 6.08 Å². The summed E-state index contributed by atoms with van der Waals surface area (Å²) in [7, 11) is 0. The Labute approximate surface area is 98.2 Å². The van der Waals surface area contributed by atoms with E-state index in [2.05, 4.69) is 22.6 Å². The number of allylic oxidation sites excluding steroid dienone is 2. The maximum absolute atomic E-state index is 12.6. The Morgan fingerprint density at radius 1 is 1.11 bits per heavy atom. The molecule has 0 aromatic rings. The molecule has 0 fully saturated rings. The van der Waals surface area contributed by atoms with Gasteiger partial charge < -0.3 is 9.47 Å². The third kappa shape index (κ3) is 1.95. The second-order valence-electron chi connectivity index (χ2n) is 3.49. The fourth-order valence-corrected chi connectivity index (χ4v) is 1.24. The number of ether oxygens (including phenoxy) is 2. The van der Waals surface area contributed by atoms with Gasteiger partial charge in [-0.25, -0.2) is 0 Å². The molecule has 1 aliphatic heterocycles. The van der Waals surface area contributed by atoms with Gasteiger partial charge >= 0.3 is 18.1 Å². The summed E-state index contributed by atoms with van der Waals surface area (Å²) in [5.41, 5.74) is -0.139. The van der Waals surface area contributed by atoms with Crippen molar-refractivity contribution >= 4 is 0 Å². The van der Waals surface area contributed by atoms with Gasteiger partial charge in [0.25, 0.3) is 0 Å². The first-order valence-electron chi connectivity index (χ1n) is 4.50. The topological polar surface area (TPSA) is 18.5 Å². The fourth-order valence-electron chi connectivity index (χ4n) is 1.24. The van der Waals surface area contributed by atoms with E-state index in [-0.39, 0.29) is 5.57 Å². The minimum absolute atomic E-state index is 0.139. The molecule has 1 rings (SSSR count). The van der Waals surface area contributed by atoms with E-state index in [4.69, 9.17) is 0 Å². The first kappa shape index (κ1) is 14.5. The molecule has 2 nitrogen and oxygen atoms in total. The molecule has 0 saturated carbocycles. The van der Waals surface area contributed by atoms with Gasteiger partial charge in [-0.2, -0.15) is 26.3 Å². The molecule has 0 atom stereocenters. The van der Waals surface area contributed by atoms with Crippen LogP contribution in [0.15, 0.2) is 36.3 Å². The normalized spacial score (nSPS) is 19.3. The van der Waals surface area contributed by atoms with Crippen LogP contribution >= 0.6 is 0 Å². The van der Waals surface area contributed by atoms with Crippen LogP contribution in [0.4, 0.5) is 26.3 Å². The van der Waals surface area contributed by atoms with Gasteiger partial charge in [0, 0.05) is 0 Å². The largest absolute Gasteiger partial charge is 0.478 e. The second kappa shape index (κ2) is 3.96. The Bertz CT molecular complexity index is 401.